The SMILES string of the molecule is Fc1ccc(-c2ccc(SCc3ccccc3F)nn2)cc1. The van der Waals surface area contributed by atoms with E-state index in [-0.39, 0.29) is 11.6 Å². The van der Waals surface area contributed by atoms with Crippen molar-refractivity contribution in [1.82, 2.24) is 10.2 Å². The first-order valence-corrected chi connectivity index (χ1v) is 7.67. The van der Waals surface area contributed by atoms with Gasteiger partial charge in [-0.3, -0.25) is 0 Å². The first kappa shape index (κ1) is 14.7. The molecule has 3 rings (SSSR count). The number of aromatic nitrogens is 2. The summed E-state index contributed by atoms with van der Waals surface area (Å²) in [6.45, 7) is 0. The molecule has 2 nitrogen and oxygen atoms in total. The first-order valence-electron chi connectivity index (χ1n) is 6.68. The van der Waals surface area contributed by atoms with E-state index in [2.05, 4.69) is 10.2 Å². The number of hydrogen-bond acceptors (Lipinski definition) is 3. The van der Waals surface area contributed by atoms with Gasteiger partial charge in [-0.2, -0.15) is 0 Å². The van der Waals surface area contributed by atoms with Crippen LogP contribution in [0.4, 0.5) is 8.78 Å². The van der Waals surface area contributed by atoms with Gasteiger partial charge in [-0.05, 0) is 48.0 Å². The highest BCUT2D eigenvalue weighted by Crippen LogP contribution is 2.23. The molecule has 0 aliphatic rings. The Labute approximate surface area is 131 Å². The second-order valence-electron chi connectivity index (χ2n) is 4.64. The van der Waals surface area contributed by atoms with Crippen LogP contribution in [0.25, 0.3) is 11.3 Å². The quantitative estimate of drug-likeness (QED) is 0.652. The van der Waals surface area contributed by atoms with Crippen LogP contribution in [0.1, 0.15) is 5.56 Å². The van der Waals surface area contributed by atoms with Crippen molar-refractivity contribution in [2.24, 2.45) is 0 Å². The third-order valence-electron chi connectivity index (χ3n) is 3.11. The van der Waals surface area contributed by atoms with Gasteiger partial charge in [0.05, 0.1) is 5.69 Å². The van der Waals surface area contributed by atoms with E-state index in [1.54, 1.807) is 24.3 Å². The van der Waals surface area contributed by atoms with E-state index < -0.39 is 0 Å². The summed E-state index contributed by atoms with van der Waals surface area (Å²) in [6, 6.07) is 16.4. The number of rotatable bonds is 4. The Morgan fingerprint density at radius 3 is 2.27 bits per heavy atom. The predicted molar refractivity (Wildman–Crippen MR) is 83.4 cm³/mol. The molecule has 0 amide bonds. The number of hydrogen-bond donors (Lipinski definition) is 0. The lowest BCUT2D eigenvalue weighted by atomic mass is 10.1. The van der Waals surface area contributed by atoms with Crippen molar-refractivity contribution in [3.05, 3.63) is 77.9 Å². The van der Waals surface area contributed by atoms with Gasteiger partial charge in [-0.1, -0.05) is 30.0 Å². The smallest absolute Gasteiger partial charge is 0.127 e. The molecule has 2 aromatic carbocycles. The van der Waals surface area contributed by atoms with Crippen molar-refractivity contribution in [1.29, 1.82) is 0 Å². The van der Waals surface area contributed by atoms with Crippen LogP contribution in [0.5, 0.6) is 0 Å². The summed E-state index contributed by atoms with van der Waals surface area (Å²) in [5.41, 5.74) is 2.12. The third kappa shape index (κ3) is 3.49. The van der Waals surface area contributed by atoms with Gasteiger partial charge >= 0.3 is 0 Å². The first-order chi connectivity index (χ1) is 10.7. The minimum Gasteiger partial charge on any atom is -0.207 e. The van der Waals surface area contributed by atoms with Crippen molar-refractivity contribution >= 4 is 11.8 Å². The van der Waals surface area contributed by atoms with E-state index in [4.69, 9.17) is 0 Å². The predicted octanol–water partition coefficient (Wildman–Crippen LogP) is 4.71. The molecular formula is C17H12F2N2S. The zero-order valence-electron chi connectivity index (χ0n) is 11.5. The lowest BCUT2D eigenvalue weighted by Gasteiger charge is -2.04. The molecule has 0 aliphatic carbocycles. The number of nitrogens with zero attached hydrogens (tertiary/aromatic N) is 2. The maximum Gasteiger partial charge on any atom is 0.127 e. The van der Waals surface area contributed by atoms with Gasteiger partial charge in [0.1, 0.15) is 16.7 Å². The van der Waals surface area contributed by atoms with Crippen LogP contribution in [-0.4, -0.2) is 10.2 Å². The van der Waals surface area contributed by atoms with E-state index in [1.165, 1.54) is 30.0 Å². The molecule has 5 heteroatoms. The van der Waals surface area contributed by atoms with Crippen molar-refractivity contribution in [2.45, 2.75) is 10.8 Å². The topological polar surface area (TPSA) is 25.8 Å². The highest BCUT2D eigenvalue weighted by atomic mass is 32.2. The maximum atomic E-state index is 13.5. The van der Waals surface area contributed by atoms with Crippen molar-refractivity contribution in [2.75, 3.05) is 0 Å². The third-order valence-corrected chi connectivity index (χ3v) is 4.08. The molecule has 0 radical (unpaired) electrons. The average molecular weight is 314 g/mol. The van der Waals surface area contributed by atoms with Crippen LogP contribution < -0.4 is 0 Å². The Balaban J connectivity index is 1.69. The minimum absolute atomic E-state index is 0.217. The van der Waals surface area contributed by atoms with E-state index >= 15 is 0 Å². The zero-order valence-corrected chi connectivity index (χ0v) is 12.4. The van der Waals surface area contributed by atoms with Gasteiger partial charge in [0, 0.05) is 11.3 Å². The second kappa shape index (κ2) is 6.66. The van der Waals surface area contributed by atoms with Gasteiger partial charge in [-0.15, -0.1) is 10.2 Å². The van der Waals surface area contributed by atoms with E-state index in [0.29, 0.717) is 22.0 Å². The second-order valence-corrected chi connectivity index (χ2v) is 5.64. The molecule has 0 fully saturated rings. The Bertz CT molecular complexity index is 758. The minimum atomic E-state index is -0.284. The molecule has 0 saturated heterocycles. The van der Waals surface area contributed by atoms with Crippen molar-refractivity contribution < 1.29 is 8.78 Å². The molecule has 0 atom stereocenters. The van der Waals surface area contributed by atoms with Crippen LogP contribution in [-0.2, 0) is 5.75 Å². The van der Waals surface area contributed by atoms with E-state index in [0.717, 1.165) is 5.56 Å². The zero-order chi connectivity index (χ0) is 15.4. The summed E-state index contributed by atoms with van der Waals surface area (Å²) >= 11 is 1.42. The summed E-state index contributed by atoms with van der Waals surface area (Å²) in [6.07, 6.45) is 0. The van der Waals surface area contributed by atoms with Crippen LogP contribution >= 0.6 is 11.8 Å². The maximum absolute atomic E-state index is 13.5. The summed E-state index contributed by atoms with van der Waals surface area (Å²) in [5, 5.41) is 8.96. The highest BCUT2D eigenvalue weighted by molar-refractivity contribution is 7.98. The standard InChI is InChI=1S/C17H12F2N2S/c18-14-7-5-12(6-8-14)16-9-10-17(21-20-16)22-11-13-3-1-2-4-15(13)19/h1-10H,11H2. The van der Waals surface area contributed by atoms with E-state index in [9.17, 15) is 8.78 Å². The fraction of sp³-hybridized carbons (Fsp3) is 0.0588. The molecule has 1 heterocycles. The van der Waals surface area contributed by atoms with Gasteiger partial charge in [-0.25, -0.2) is 8.78 Å². The lowest BCUT2D eigenvalue weighted by molar-refractivity contribution is 0.617. The average Bonchev–Trinajstić information content (AvgIpc) is 2.55. The Morgan fingerprint density at radius 1 is 0.818 bits per heavy atom. The molecular weight excluding hydrogens is 302 g/mol. The van der Waals surface area contributed by atoms with Crippen LogP contribution in [0.2, 0.25) is 0 Å². The number of thioether (sulfide) groups is 1. The molecule has 22 heavy (non-hydrogen) atoms. The molecule has 0 unspecified atom stereocenters. The molecule has 0 aliphatic heterocycles. The summed E-state index contributed by atoms with van der Waals surface area (Å²) in [4.78, 5) is 0. The number of halogens is 2. The Hall–Kier alpha value is -2.27. The molecule has 1 aromatic heterocycles. The van der Waals surface area contributed by atoms with Crippen LogP contribution in [0.3, 0.4) is 0 Å². The largest absolute Gasteiger partial charge is 0.207 e. The highest BCUT2D eigenvalue weighted by Gasteiger charge is 2.05. The molecule has 3 aromatic rings. The van der Waals surface area contributed by atoms with Crippen LogP contribution in [0.15, 0.2) is 65.7 Å². The van der Waals surface area contributed by atoms with E-state index in [1.807, 2.05) is 18.2 Å². The summed E-state index contributed by atoms with van der Waals surface area (Å²) < 4.78 is 26.4. The fourth-order valence-electron chi connectivity index (χ4n) is 1.94. The Kier molecular flexibility index (Phi) is 4.44. The van der Waals surface area contributed by atoms with Crippen molar-refractivity contribution in [3.63, 3.8) is 0 Å². The van der Waals surface area contributed by atoms with Gasteiger partial charge in [0.2, 0.25) is 0 Å². The van der Waals surface area contributed by atoms with Gasteiger partial charge in [0.25, 0.3) is 0 Å². The lowest BCUT2D eigenvalue weighted by Crippen LogP contribution is -1.91. The summed E-state index contributed by atoms with van der Waals surface area (Å²) in [5.74, 6) is -0.00304. The molecule has 0 spiro atoms. The normalized spacial score (nSPS) is 10.6. The van der Waals surface area contributed by atoms with Gasteiger partial charge in [0.15, 0.2) is 0 Å². The molecule has 0 bridgehead atoms. The molecule has 110 valence electrons. The fourth-order valence-corrected chi connectivity index (χ4v) is 2.74. The Morgan fingerprint density at radius 2 is 1.59 bits per heavy atom. The molecule has 0 saturated carbocycles. The number of benzene rings is 2. The molecule has 0 N–H and O–H groups in total. The monoisotopic (exact) mass is 314 g/mol. The van der Waals surface area contributed by atoms with Crippen molar-refractivity contribution in [3.8, 4) is 11.3 Å². The van der Waals surface area contributed by atoms with Crippen LogP contribution in [0, 0.1) is 11.6 Å². The summed E-state index contributed by atoms with van der Waals surface area (Å²) in [7, 11) is 0. The van der Waals surface area contributed by atoms with Gasteiger partial charge < -0.3 is 0 Å².